The Morgan fingerprint density at radius 2 is 1.20 bits per heavy atom. The molecule has 0 fully saturated rings. The van der Waals surface area contributed by atoms with Crippen LogP contribution in [-0.2, 0) is 10.8 Å². The van der Waals surface area contributed by atoms with Crippen molar-refractivity contribution in [1.82, 2.24) is 4.57 Å². The molecule has 3 heterocycles. The molecule has 59 heavy (non-hydrogen) atoms. The third-order valence-corrected chi connectivity index (χ3v) is 15.1. The van der Waals surface area contributed by atoms with Gasteiger partial charge in [-0.3, -0.25) is 0 Å². The SMILES string of the molecule is CC1(C)CCC(C)(C)c2cc(N3c4ccccc4C4C=C(c5ccc6c(c5)c5ccccc5n6-c5ccc(-c6ccc7c(c6)sc6ccccc67)cc5)C=CC43)ccc21. The molecular formula is C56H46N2S. The fourth-order valence-corrected chi connectivity index (χ4v) is 11.9. The number of allylic oxidation sites excluding steroid dienone is 2. The minimum Gasteiger partial charge on any atom is -0.333 e. The van der Waals surface area contributed by atoms with Gasteiger partial charge >= 0.3 is 0 Å². The Morgan fingerprint density at radius 1 is 0.525 bits per heavy atom. The van der Waals surface area contributed by atoms with E-state index in [1.807, 2.05) is 11.3 Å². The maximum absolute atomic E-state index is 2.60. The van der Waals surface area contributed by atoms with Crippen LogP contribution >= 0.6 is 11.3 Å². The highest BCUT2D eigenvalue weighted by molar-refractivity contribution is 7.25. The van der Waals surface area contributed by atoms with Crippen molar-refractivity contribution in [2.24, 2.45) is 0 Å². The summed E-state index contributed by atoms with van der Waals surface area (Å²) in [6.07, 6.45) is 9.81. The molecule has 2 aliphatic carbocycles. The number of fused-ring (bicyclic) bond motifs is 10. The molecule has 0 amide bonds. The van der Waals surface area contributed by atoms with Crippen molar-refractivity contribution >= 4 is 70.3 Å². The first-order chi connectivity index (χ1) is 28.7. The van der Waals surface area contributed by atoms with E-state index in [0.29, 0.717) is 0 Å². The molecule has 3 heteroatoms. The van der Waals surface area contributed by atoms with Crippen LogP contribution in [0, 0.1) is 0 Å². The normalized spacial score (nSPS) is 19.0. The lowest BCUT2D eigenvalue weighted by atomic mass is 9.63. The lowest BCUT2D eigenvalue weighted by molar-refractivity contribution is 0.332. The quantitative estimate of drug-likeness (QED) is 0.173. The van der Waals surface area contributed by atoms with Crippen LogP contribution in [0.5, 0.6) is 0 Å². The van der Waals surface area contributed by atoms with E-state index in [4.69, 9.17) is 0 Å². The van der Waals surface area contributed by atoms with Crippen molar-refractivity contribution in [2.75, 3.05) is 4.90 Å². The lowest BCUT2D eigenvalue weighted by Gasteiger charge is -2.42. The first kappa shape index (κ1) is 34.8. The standard InChI is InChI=1S/C56H46N2S/c1-55(2)29-30-56(3,4)48-34-40(24-26-47(48)55)58-50-15-9-6-12-42(50)46-32-37(21-28-52(46)58)36-20-27-51-45(31-36)41-11-5-8-14-49(41)57(51)39-22-17-35(18-23-39)38-19-25-44-43-13-7-10-16-53(43)59-54(44)33-38/h5-28,31-34,46,52H,29-30H2,1-4H3. The molecule has 12 rings (SSSR count). The summed E-state index contributed by atoms with van der Waals surface area (Å²) < 4.78 is 5.11. The largest absolute Gasteiger partial charge is 0.333 e. The van der Waals surface area contributed by atoms with Crippen LogP contribution < -0.4 is 4.90 Å². The fraction of sp³-hybridized carbons (Fsp3) is 0.179. The van der Waals surface area contributed by atoms with Gasteiger partial charge in [-0.2, -0.15) is 0 Å². The van der Waals surface area contributed by atoms with Crippen LogP contribution in [0.2, 0.25) is 0 Å². The van der Waals surface area contributed by atoms with Gasteiger partial charge in [-0.25, -0.2) is 0 Å². The summed E-state index contributed by atoms with van der Waals surface area (Å²) in [6.45, 7) is 9.69. The number of para-hydroxylation sites is 2. The van der Waals surface area contributed by atoms with Gasteiger partial charge in [0.2, 0.25) is 0 Å². The monoisotopic (exact) mass is 778 g/mol. The summed E-state index contributed by atoms with van der Waals surface area (Å²) in [6, 6.07) is 57.3. The third-order valence-electron chi connectivity index (χ3n) is 14.0. The molecule has 2 unspecified atom stereocenters. The Labute approximate surface area is 350 Å². The lowest BCUT2D eigenvalue weighted by Crippen LogP contribution is -2.35. The molecule has 1 aliphatic heterocycles. The highest BCUT2D eigenvalue weighted by Gasteiger charge is 2.41. The van der Waals surface area contributed by atoms with Gasteiger partial charge in [0.15, 0.2) is 0 Å². The Bertz CT molecular complexity index is 3240. The van der Waals surface area contributed by atoms with E-state index < -0.39 is 0 Å². The van der Waals surface area contributed by atoms with Crippen molar-refractivity contribution in [3.05, 3.63) is 192 Å². The highest BCUT2D eigenvalue weighted by atomic mass is 32.1. The number of thiophene rings is 1. The van der Waals surface area contributed by atoms with Crippen molar-refractivity contribution in [1.29, 1.82) is 0 Å². The van der Waals surface area contributed by atoms with Crippen molar-refractivity contribution in [3.8, 4) is 16.8 Å². The molecule has 0 saturated heterocycles. The van der Waals surface area contributed by atoms with Crippen molar-refractivity contribution in [3.63, 3.8) is 0 Å². The van der Waals surface area contributed by atoms with E-state index in [-0.39, 0.29) is 22.8 Å². The van der Waals surface area contributed by atoms with E-state index in [9.17, 15) is 0 Å². The van der Waals surface area contributed by atoms with Gasteiger partial charge in [0.05, 0.1) is 17.1 Å². The van der Waals surface area contributed by atoms with Crippen molar-refractivity contribution in [2.45, 2.75) is 63.3 Å². The van der Waals surface area contributed by atoms with Crippen LogP contribution in [-0.4, -0.2) is 10.6 Å². The number of hydrogen-bond donors (Lipinski definition) is 0. The van der Waals surface area contributed by atoms with E-state index >= 15 is 0 Å². The molecule has 7 aromatic carbocycles. The molecule has 0 N–H and O–H groups in total. The second kappa shape index (κ2) is 12.7. The Kier molecular flexibility index (Phi) is 7.48. The van der Waals surface area contributed by atoms with Crippen LogP contribution in [0.15, 0.2) is 170 Å². The Balaban J connectivity index is 0.897. The van der Waals surface area contributed by atoms with E-state index in [2.05, 4.69) is 207 Å². The second-order valence-electron chi connectivity index (χ2n) is 18.4. The van der Waals surface area contributed by atoms with E-state index in [1.54, 1.807) is 0 Å². The molecule has 0 saturated carbocycles. The minimum absolute atomic E-state index is 0.163. The number of hydrogen-bond acceptors (Lipinski definition) is 2. The summed E-state index contributed by atoms with van der Waals surface area (Å²) in [5.41, 5.74) is 16.1. The molecule has 0 spiro atoms. The summed E-state index contributed by atoms with van der Waals surface area (Å²) >= 11 is 1.88. The zero-order valence-electron chi connectivity index (χ0n) is 34.0. The fourth-order valence-electron chi connectivity index (χ4n) is 10.7. The Morgan fingerprint density at radius 3 is 2.07 bits per heavy atom. The van der Waals surface area contributed by atoms with Crippen LogP contribution in [0.4, 0.5) is 11.4 Å². The van der Waals surface area contributed by atoms with Crippen LogP contribution in [0.25, 0.3) is 64.4 Å². The second-order valence-corrected chi connectivity index (χ2v) is 19.4. The molecule has 2 nitrogen and oxygen atoms in total. The third kappa shape index (κ3) is 5.30. The topological polar surface area (TPSA) is 8.17 Å². The van der Waals surface area contributed by atoms with Crippen LogP contribution in [0.3, 0.4) is 0 Å². The number of rotatable bonds is 4. The summed E-state index contributed by atoms with van der Waals surface area (Å²) in [4.78, 5) is 2.60. The average molecular weight is 779 g/mol. The zero-order valence-corrected chi connectivity index (χ0v) is 34.9. The van der Waals surface area contributed by atoms with Crippen LogP contribution in [0.1, 0.15) is 68.7 Å². The van der Waals surface area contributed by atoms with Crippen molar-refractivity contribution < 1.29 is 0 Å². The molecule has 9 aromatic rings. The van der Waals surface area contributed by atoms with Gasteiger partial charge in [-0.05, 0) is 123 Å². The maximum atomic E-state index is 2.60. The molecule has 3 aliphatic rings. The molecule has 286 valence electrons. The number of nitrogens with zero attached hydrogens (tertiary/aromatic N) is 2. The van der Waals surface area contributed by atoms with Gasteiger partial charge in [0, 0.05) is 53.9 Å². The van der Waals surface area contributed by atoms with Gasteiger partial charge in [-0.15, -0.1) is 11.3 Å². The molecule has 2 aromatic heterocycles. The van der Waals surface area contributed by atoms with Gasteiger partial charge in [0.25, 0.3) is 0 Å². The van der Waals surface area contributed by atoms with E-state index in [0.717, 1.165) is 0 Å². The zero-order chi connectivity index (χ0) is 39.6. The first-order valence-electron chi connectivity index (χ1n) is 21.2. The van der Waals surface area contributed by atoms with Gasteiger partial charge in [0.1, 0.15) is 0 Å². The summed E-state index contributed by atoms with van der Waals surface area (Å²) in [7, 11) is 0. The van der Waals surface area contributed by atoms with E-state index in [1.165, 1.54) is 111 Å². The number of aromatic nitrogens is 1. The average Bonchev–Trinajstić information content (AvgIpc) is 3.92. The predicted octanol–water partition coefficient (Wildman–Crippen LogP) is 15.4. The number of benzene rings is 7. The predicted molar refractivity (Wildman–Crippen MR) is 253 cm³/mol. The molecule has 0 radical (unpaired) electrons. The molecule has 0 bridgehead atoms. The maximum Gasteiger partial charge on any atom is 0.0630 e. The Hall–Kier alpha value is -6.16. The van der Waals surface area contributed by atoms with Gasteiger partial charge < -0.3 is 9.47 Å². The minimum atomic E-state index is 0.163. The summed E-state index contributed by atoms with van der Waals surface area (Å²) in [5.74, 6) is 0.266. The first-order valence-corrected chi connectivity index (χ1v) is 22.0. The summed E-state index contributed by atoms with van der Waals surface area (Å²) in [5, 5.41) is 5.23. The highest BCUT2D eigenvalue weighted by Crippen LogP contribution is 2.52. The number of anilines is 2. The molecular weight excluding hydrogens is 733 g/mol. The molecule has 2 atom stereocenters. The van der Waals surface area contributed by atoms with Gasteiger partial charge in [-0.1, -0.05) is 137 Å². The smallest absolute Gasteiger partial charge is 0.0630 e.